The molecule has 14 aromatic rings. The summed E-state index contributed by atoms with van der Waals surface area (Å²) >= 11 is 10.8. The van der Waals surface area contributed by atoms with Gasteiger partial charge in [0.05, 0.1) is 5.69 Å². The summed E-state index contributed by atoms with van der Waals surface area (Å²) < 4.78 is 15.6. The summed E-state index contributed by atoms with van der Waals surface area (Å²) in [6, 6.07) is 92.5. The van der Waals surface area contributed by atoms with Gasteiger partial charge in [-0.3, -0.25) is 0 Å². The van der Waals surface area contributed by atoms with Gasteiger partial charge in [0.15, 0.2) is 0 Å². The van der Waals surface area contributed by atoms with Crippen LogP contribution in [0.2, 0.25) is 0 Å². The zero-order valence-electron chi connectivity index (χ0n) is 40.3. The number of anilines is 5. The fourth-order valence-corrected chi connectivity index (χ4v) is 11.2. The van der Waals surface area contributed by atoms with Crippen molar-refractivity contribution >= 4 is 142 Å². The molecule has 0 radical (unpaired) electrons. The highest BCUT2D eigenvalue weighted by Crippen LogP contribution is 2.43. The van der Waals surface area contributed by atoms with Crippen LogP contribution in [0.3, 0.4) is 0 Å². The molecule has 360 valence electrons. The highest BCUT2D eigenvalue weighted by Gasteiger charge is 2.19. The Hall–Kier alpha value is -8.20. The molecule has 12 aromatic carbocycles. The molecule has 14 rings (SSSR count). The number of rotatable bonds is 7. The Kier molecular flexibility index (Phi) is 13.6. The van der Waals surface area contributed by atoms with Crippen molar-refractivity contribution in [2.24, 2.45) is 0 Å². The molecule has 1 N–H and O–H groups in total. The van der Waals surface area contributed by atoms with Crippen LogP contribution in [-0.4, -0.2) is 0 Å². The second-order valence-electron chi connectivity index (χ2n) is 18.1. The number of para-hydroxylation sites is 2. The summed E-state index contributed by atoms with van der Waals surface area (Å²) in [5.41, 5.74) is 13.8. The van der Waals surface area contributed by atoms with Gasteiger partial charge in [-0.25, -0.2) is 0 Å². The van der Waals surface area contributed by atoms with Crippen molar-refractivity contribution in [3.8, 4) is 22.3 Å². The second-order valence-corrected chi connectivity index (χ2v) is 20.7. The van der Waals surface area contributed by atoms with Crippen LogP contribution in [0.25, 0.3) is 87.7 Å². The maximum Gasteiger partial charge on any atom is 0.137 e. The maximum atomic E-state index is 6.26. The first-order valence-corrected chi connectivity index (χ1v) is 27.0. The molecule has 0 spiro atoms. The van der Waals surface area contributed by atoms with Crippen LogP contribution in [0.4, 0.5) is 28.4 Å². The Balaban J connectivity index is 0.000000129. The first-order chi connectivity index (χ1) is 36.9. The Bertz CT molecular complexity index is 4270. The molecule has 0 unspecified atom stereocenters. The largest absolute Gasteiger partial charge is 0.456 e. The van der Waals surface area contributed by atoms with E-state index in [1.165, 1.54) is 43.8 Å². The first kappa shape index (κ1) is 47.8. The smallest absolute Gasteiger partial charge is 0.137 e. The predicted octanol–water partition coefficient (Wildman–Crippen LogP) is 22.0. The molecule has 0 aliphatic carbocycles. The van der Waals surface area contributed by atoms with Gasteiger partial charge < -0.3 is 19.1 Å². The molecular weight excluding hydrogens is 1120 g/mol. The number of hydrogen-bond donors (Lipinski definition) is 1. The number of nitrogens with one attached hydrogen (secondary N) is 1. The standard InChI is InChI=1S/C34H22BrNO.C24H17NO.C10H6Br2/c35-31-20-21-32(28-11-5-4-10-27(28)31)36(25-16-14-24(15-17-25)23-8-2-1-3-9-23)26-18-19-30-29-12-6-7-13-33(29)37-34(30)22-26;1-2-6-17(7-3-1)18-10-12-19(13-11-18)25-20-14-15-22-21-8-4-5-9-23(21)26-24(22)16-20;11-9-5-6-10(12)8-4-2-1-3-7(8)9/h1-22H;1-16,25H;1-6H. The van der Waals surface area contributed by atoms with Crippen molar-refractivity contribution < 1.29 is 8.83 Å². The molecule has 0 aliphatic rings. The van der Waals surface area contributed by atoms with E-state index in [-0.39, 0.29) is 0 Å². The summed E-state index contributed by atoms with van der Waals surface area (Å²) in [5, 5.41) is 12.9. The van der Waals surface area contributed by atoms with Crippen LogP contribution >= 0.6 is 47.8 Å². The van der Waals surface area contributed by atoms with Gasteiger partial charge in [0.1, 0.15) is 22.3 Å². The first-order valence-electron chi connectivity index (χ1n) is 24.6. The van der Waals surface area contributed by atoms with Crippen LogP contribution in [0.15, 0.2) is 289 Å². The van der Waals surface area contributed by atoms with E-state index in [9.17, 15) is 0 Å². The van der Waals surface area contributed by atoms with E-state index in [0.717, 1.165) is 85.7 Å². The van der Waals surface area contributed by atoms with Crippen LogP contribution in [0, 0.1) is 0 Å². The summed E-state index contributed by atoms with van der Waals surface area (Å²) in [6.45, 7) is 0. The molecule has 75 heavy (non-hydrogen) atoms. The summed E-state index contributed by atoms with van der Waals surface area (Å²) in [6.07, 6.45) is 0. The van der Waals surface area contributed by atoms with Crippen LogP contribution < -0.4 is 10.2 Å². The lowest BCUT2D eigenvalue weighted by Gasteiger charge is -2.27. The van der Waals surface area contributed by atoms with Gasteiger partial charge in [-0.2, -0.15) is 0 Å². The van der Waals surface area contributed by atoms with E-state index < -0.39 is 0 Å². The molecule has 0 aliphatic heterocycles. The minimum Gasteiger partial charge on any atom is -0.456 e. The molecule has 2 heterocycles. The molecule has 2 aromatic heterocycles. The van der Waals surface area contributed by atoms with E-state index in [1.54, 1.807) is 0 Å². The molecule has 0 amide bonds. The average molecular weight is 1160 g/mol. The lowest BCUT2D eigenvalue weighted by Crippen LogP contribution is -2.10. The van der Waals surface area contributed by atoms with Gasteiger partial charge in [0.2, 0.25) is 0 Å². The number of benzene rings is 12. The van der Waals surface area contributed by atoms with E-state index in [0.29, 0.717) is 0 Å². The number of fused-ring (bicyclic) bond motifs is 8. The highest BCUT2D eigenvalue weighted by atomic mass is 79.9. The van der Waals surface area contributed by atoms with Crippen molar-refractivity contribution in [1.29, 1.82) is 0 Å². The van der Waals surface area contributed by atoms with E-state index in [2.05, 4.69) is 258 Å². The van der Waals surface area contributed by atoms with E-state index in [4.69, 9.17) is 8.83 Å². The summed E-state index contributed by atoms with van der Waals surface area (Å²) in [7, 11) is 0. The van der Waals surface area contributed by atoms with Gasteiger partial charge in [0.25, 0.3) is 0 Å². The molecule has 0 fully saturated rings. The van der Waals surface area contributed by atoms with Crippen LogP contribution in [-0.2, 0) is 0 Å². The Morgan fingerprint density at radius 2 is 0.640 bits per heavy atom. The lowest BCUT2D eigenvalue weighted by molar-refractivity contribution is 0.668. The third kappa shape index (κ3) is 9.98. The minimum absolute atomic E-state index is 0.881. The van der Waals surface area contributed by atoms with Gasteiger partial charge in [-0.15, -0.1) is 0 Å². The number of furan rings is 2. The van der Waals surface area contributed by atoms with Crippen molar-refractivity contribution in [2.75, 3.05) is 10.2 Å². The molecule has 0 bridgehead atoms. The SMILES string of the molecule is Brc1ccc(Br)c2ccccc12.Brc1ccc(N(c2ccc(-c3ccccc3)cc2)c2ccc3c(c2)oc2ccccc23)c2ccccc12.c1ccc(-c2ccc(Nc3ccc4c(c3)oc3ccccc34)cc2)cc1. The summed E-state index contributed by atoms with van der Waals surface area (Å²) in [4.78, 5) is 2.32. The Morgan fingerprint density at radius 3 is 1.19 bits per heavy atom. The van der Waals surface area contributed by atoms with Gasteiger partial charge in [-0.05, 0) is 123 Å². The maximum absolute atomic E-state index is 6.26. The number of nitrogens with zero attached hydrogens (tertiary/aromatic N) is 1. The van der Waals surface area contributed by atoms with Gasteiger partial charge in [-0.1, -0.05) is 218 Å². The van der Waals surface area contributed by atoms with Crippen molar-refractivity contribution in [3.05, 3.63) is 280 Å². The molecule has 4 nitrogen and oxygen atoms in total. The van der Waals surface area contributed by atoms with Crippen molar-refractivity contribution in [3.63, 3.8) is 0 Å². The Labute approximate surface area is 459 Å². The molecule has 0 atom stereocenters. The van der Waals surface area contributed by atoms with Crippen LogP contribution in [0.1, 0.15) is 0 Å². The van der Waals surface area contributed by atoms with Crippen LogP contribution in [0.5, 0.6) is 0 Å². The zero-order valence-corrected chi connectivity index (χ0v) is 45.1. The quantitative estimate of drug-likeness (QED) is 0.173. The minimum atomic E-state index is 0.881. The summed E-state index contributed by atoms with van der Waals surface area (Å²) in [5.74, 6) is 0. The third-order valence-electron chi connectivity index (χ3n) is 13.4. The third-order valence-corrected chi connectivity index (χ3v) is 15.5. The average Bonchev–Trinajstić information content (AvgIpc) is 4.04. The molecular formula is C68H45Br3N2O2. The van der Waals surface area contributed by atoms with Gasteiger partial charge in [0, 0.05) is 75.2 Å². The topological polar surface area (TPSA) is 41.6 Å². The molecule has 0 saturated carbocycles. The van der Waals surface area contributed by atoms with E-state index in [1.807, 2.05) is 66.7 Å². The van der Waals surface area contributed by atoms with E-state index >= 15 is 0 Å². The predicted molar refractivity (Wildman–Crippen MR) is 327 cm³/mol. The van der Waals surface area contributed by atoms with Crippen molar-refractivity contribution in [1.82, 2.24) is 0 Å². The molecule has 0 saturated heterocycles. The fourth-order valence-electron chi connectivity index (χ4n) is 9.73. The fraction of sp³-hybridized carbons (Fsp3) is 0. The zero-order chi connectivity index (χ0) is 50.7. The number of halogens is 3. The normalized spacial score (nSPS) is 11.1. The highest BCUT2D eigenvalue weighted by molar-refractivity contribution is 9.11. The molecule has 7 heteroatoms. The second kappa shape index (κ2) is 21.3. The van der Waals surface area contributed by atoms with Crippen molar-refractivity contribution in [2.45, 2.75) is 0 Å². The van der Waals surface area contributed by atoms with Gasteiger partial charge >= 0.3 is 0 Å². The monoisotopic (exact) mass is 1160 g/mol. The lowest BCUT2D eigenvalue weighted by atomic mass is 10.0. The Morgan fingerprint density at radius 1 is 0.267 bits per heavy atom. The number of hydrogen-bond acceptors (Lipinski definition) is 4.